The molecule has 3 rings (SSSR count). The molecule has 27 heavy (non-hydrogen) atoms. The number of nitrogens with one attached hydrogen (secondary N) is 2. The quantitative estimate of drug-likeness (QED) is 0.504. The lowest BCUT2D eigenvalue weighted by Gasteiger charge is -2.14. The summed E-state index contributed by atoms with van der Waals surface area (Å²) in [6.07, 6.45) is 0. The van der Waals surface area contributed by atoms with Crippen molar-refractivity contribution in [3.05, 3.63) is 58.6 Å². The molecule has 0 aliphatic heterocycles. The number of para-hydroxylation sites is 1. The molecule has 8 heteroatoms. The minimum atomic E-state index is -0.295. The second-order valence-corrected chi connectivity index (χ2v) is 9.03. The summed E-state index contributed by atoms with van der Waals surface area (Å²) in [6.45, 7) is 5.83. The van der Waals surface area contributed by atoms with Gasteiger partial charge in [-0.2, -0.15) is 0 Å². The zero-order valence-corrected chi connectivity index (χ0v) is 17.5. The largest absolute Gasteiger partial charge is 0.330 e. The molecule has 1 atom stereocenters. The summed E-state index contributed by atoms with van der Waals surface area (Å²) in [4.78, 5) is 12.6. The molecule has 0 saturated carbocycles. The molecule has 2 N–H and O–H groups in total. The second kappa shape index (κ2) is 8.73. The van der Waals surface area contributed by atoms with Gasteiger partial charge in [-0.15, -0.1) is 10.2 Å². The third kappa shape index (κ3) is 5.22. The minimum absolute atomic E-state index is 0.0584. The van der Waals surface area contributed by atoms with Crippen molar-refractivity contribution in [2.24, 2.45) is 0 Å². The molecule has 0 fully saturated rings. The Kier molecular flexibility index (Phi) is 6.36. The molecule has 1 heterocycles. The van der Waals surface area contributed by atoms with Gasteiger partial charge >= 0.3 is 0 Å². The molecule has 0 radical (unpaired) electrons. The minimum Gasteiger partial charge on any atom is -0.330 e. The number of amides is 1. The predicted octanol–water partition coefficient (Wildman–Crippen LogP) is 5.67. The number of hydrogen-bond donors (Lipinski definition) is 2. The third-order valence-electron chi connectivity index (χ3n) is 3.86. The average Bonchev–Trinajstić information content (AvgIpc) is 3.05. The Labute approximate surface area is 171 Å². The maximum atomic E-state index is 12.6. The van der Waals surface area contributed by atoms with Crippen LogP contribution in [0.4, 0.5) is 16.5 Å². The molecule has 0 spiro atoms. The van der Waals surface area contributed by atoms with Gasteiger partial charge in [-0.25, -0.2) is 0 Å². The number of aromatic nitrogens is 2. The highest BCUT2D eigenvalue weighted by molar-refractivity contribution is 8.02. The molecule has 0 unspecified atom stereocenters. The zero-order chi connectivity index (χ0) is 19.4. The van der Waals surface area contributed by atoms with Gasteiger partial charge < -0.3 is 10.6 Å². The summed E-state index contributed by atoms with van der Waals surface area (Å²) < 4.78 is 0.726. The number of thioether (sulfide) groups is 1. The van der Waals surface area contributed by atoms with E-state index >= 15 is 0 Å². The number of aryl methyl sites for hydroxylation is 2. The van der Waals surface area contributed by atoms with Crippen molar-refractivity contribution in [1.82, 2.24) is 10.2 Å². The second-order valence-electron chi connectivity index (χ2n) is 6.02. The Morgan fingerprint density at radius 3 is 2.56 bits per heavy atom. The molecule has 0 bridgehead atoms. The van der Waals surface area contributed by atoms with Crippen molar-refractivity contribution in [2.45, 2.75) is 30.4 Å². The van der Waals surface area contributed by atoms with Crippen molar-refractivity contribution in [1.29, 1.82) is 0 Å². The maximum Gasteiger partial charge on any atom is 0.237 e. The summed E-state index contributed by atoms with van der Waals surface area (Å²) in [5.74, 6) is -0.0584. The van der Waals surface area contributed by atoms with Crippen LogP contribution in [-0.4, -0.2) is 21.4 Å². The standard InChI is InChI=1S/C19H19ClN4OS2/c1-11-6-4-7-12(2)16(11)22-17(25)13(3)26-19-24-23-18(27-19)21-15-9-5-8-14(20)10-15/h4-10,13H,1-3H3,(H,21,23)(H,22,25)/t13-/m0/s1. The SMILES string of the molecule is Cc1cccc(C)c1NC(=O)[C@H](C)Sc1nnc(Nc2cccc(Cl)c2)s1. The monoisotopic (exact) mass is 418 g/mol. The lowest BCUT2D eigenvalue weighted by Crippen LogP contribution is -2.23. The first-order valence-corrected chi connectivity index (χ1v) is 10.4. The van der Waals surface area contributed by atoms with Crippen LogP contribution in [0.25, 0.3) is 0 Å². The third-order valence-corrected chi connectivity index (χ3v) is 6.12. The van der Waals surface area contributed by atoms with Gasteiger partial charge in [-0.1, -0.05) is 59.0 Å². The highest BCUT2D eigenvalue weighted by atomic mass is 35.5. The van der Waals surface area contributed by atoms with Gasteiger partial charge in [-0.3, -0.25) is 4.79 Å². The molecule has 0 aliphatic rings. The van der Waals surface area contributed by atoms with Gasteiger partial charge in [0.1, 0.15) is 0 Å². The van der Waals surface area contributed by atoms with Gasteiger partial charge in [-0.05, 0) is 50.1 Å². The fourth-order valence-electron chi connectivity index (χ4n) is 2.44. The Morgan fingerprint density at radius 1 is 1.15 bits per heavy atom. The van der Waals surface area contributed by atoms with Crippen LogP contribution in [-0.2, 0) is 4.79 Å². The van der Waals surface area contributed by atoms with Gasteiger partial charge in [0.2, 0.25) is 11.0 Å². The van der Waals surface area contributed by atoms with Crippen LogP contribution in [0, 0.1) is 13.8 Å². The van der Waals surface area contributed by atoms with Crippen molar-refractivity contribution in [3.8, 4) is 0 Å². The van der Waals surface area contributed by atoms with Crippen LogP contribution >= 0.6 is 34.7 Å². The van der Waals surface area contributed by atoms with E-state index in [4.69, 9.17) is 11.6 Å². The summed E-state index contributed by atoms with van der Waals surface area (Å²) in [6, 6.07) is 13.3. The predicted molar refractivity (Wildman–Crippen MR) is 115 cm³/mol. The number of benzene rings is 2. The number of anilines is 3. The maximum absolute atomic E-state index is 12.6. The van der Waals surface area contributed by atoms with E-state index in [-0.39, 0.29) is 11.2 Å². The van der Waals surface area contributed by atoms with Crippen molar-refractivity contribution < 1.29 is 4.79 Å². The lowest BCUT2D eigenvalue weighted by molar-refractivity contribution is -0.115. The molecular weight excluding hydrogens is 400 g/mol. The number of carbonyl (C=O) groups excluding carboxylic acids is 1. The summed E-state index contributed by atoms with van der Waals surface area (Å²) in [5.41, 5.74) is 3.81. The molecular formula is C19H19ClN4OS2. The van der Waals surface area contributed by atoms with Gasteiger partial charge in [0, 0.05) is 16.4 Å². The van der Waals surface area contributed by atoms with Crippen LogP contribution in [0.15, 0.2) is 46.8 Å². The fourth-order valence-corrected chi connectivity index (χ4v) is 4.55. The first kappa shape index (κ1) is 19.7. The van der Waals surface area contributed by atoms with Gasteiger partial charge in [0.15, 0.2) is 4.34 Å². The molecule has 140 valence electrons. The van der Waals surface area contributed by atoms with E-state index in [0.29, 0.717) is 10.2 Å². The van der Waals surface area contributed by atoms with Gasteiger partial charge in [0.05, 0.1) is 5.25 Å². The van der Waals surface area contributed by atoms with Crippen LogP contribution in [0.2, 0.25) is 5.02 Å². The number of carbonyl (C=O) groups is 1. The molecule has 3 aromatic rings. The molecule has 0 saturated heterocycles. The van der Waals surface area contributed by atoms with E-state index in [1.54, 1.807) is 0 Å². The van der Waals surface area contributed by atoms with Crippen LogP contribution in [0.5, 0.6) is 0 Å². The van der Waals surface area contributed by atoms with E-state index in [1.807, 2.05) is 63.2 Å². The van der Waals surface area contributed by atoms with E-state index in [2.05, 4.69) is 20.8 Å². The van der Waals surface area contributed by atoms with Crippen molar-refractivity contribution in [2.75, 3.05) is 10.6 Å². The Morgan fingerprint density at radius 2 is 1.85 bits per heavy atom. The van der Waals surface area contributed by atoms with Crippen molar-refractivity contribution >= 4 is 57.1 Å². The van der Waals surface area contributed by atoms with Crippen LogP contribution in [0.1, 0.15) is 18.1 Å². The molecule has 0 aliphatic carbocycles. The topological polar surface area (TPSA) is 66.9 Å². The van der Waals surface area contributed by atoms with E-state index in [0.717, 1.165) is 26.8 Å². The first-order valence-electron chi connectivity index (χ1n) is 8.32. The number of hydrogen-bond acceptors (Lipinski definition) is 6. The summed E-state index contributed by atoms with van der Waals surface area (Å²) >= 11 is 8.77. The first-order chi connectivity index (χ1) is 12.9. The molecule has 5 nitrogen and oxygen atoms in total. The Bertz CT molecular complexity index is 940. The smallest absolute Gasteiger partial charge is 0.237 e. The Balaban J connectivity index is 1.62. The highest BCUT2D eigenvalue weighted by Gasteiger charge is 2.18. The van der Waals surface area contributed by atoms with E-state index in [9.17, 15) is 4.79 Å². The summed E-state index contributed by atoms with van der Waals surface area (Å²) in [5, 5.41) is 15.5. The fraction of sp³-hybridized carbons (Fsp3) is 0.211. The molecule has 2 aromatic carbocycles. The van der Waals surface area contributed by atoms with E-state index in [1.165, 1.54) is 23.1 Å². The zero-order valence-electron chi connectivity index (χ0n) is 15.1. The molecule has 1 amide bonds. The highest BCUT2D eigenvalue weighted by Crippen LogP contribution is 2.31. The number of rotatable bonds is 6. The van der Waals surface area contributed by atoms with Gasteiger partial charge in [0.25, 0.3) is 0 Å². The average molecular weight is 419 g/mol. The van der Waals surface area contributed by atoms with E-state index < -0.39 is 0 Å². The summed E-state index contributed by atoms with van der Waals surface area (Å²) in [7, 11) is 0. The van der Waals surface area contributed by atoms with Crippen LogP contribution in [0.3, 0.4) is 0 Å². The lowest BCUT2D eigenvalue weighted by atomic mass is 10.1. The number of nitrogens with zero attached hydrogens (tertiary/aromatic N) is 2. The van der Waals surface area contributed by atoms with Crippen LogP contribution < -0.4 is 10.6 Å². The Hall–Kier alpha value is -2.09. The number of halogens is 1. The normalized spacial score (nSPS) is 11.9. The van der Waals surface area contributed by atoms with Crippen molar-refractivity contribution in [3.63, 3.8) is 0 Å². The molecule has 1 aromatic heterocycles.